The van der Waals surface area contributed by atoms with Crippen molar-refractivity contribution < 1.29 is 14.3 Å². The Kier molecular flexibility index (Phi) is 6.99. The number of aryl methyl sites for hydroxylation is 2. The third kappa shape index (κ3) is 6.00. The molecule has 0 bridgehead atoms. The van der Waals surface area contributed by atoms with Gasteiger partial charge in [0.05, 0.1) is 5.92 Å². The zero-order valence-electron chi connectivity index (χ0n) is 18.0. The molecule has 1 aliphatic rings. The molecule has 1 atom stereocenters. The number of nitrogens with zero attached hydrogens (tertiary/aromatic N) is 4. The number of benzene rings is 1. The van der Waals surface area contributed by atoms with Crippen molar-refractivity contribution in [3.63, 3.8) is 0 Å². The van der Waals surface area contributed by atoms with Crippen LogP contribution in [0.25, 0.3) is 0 Å². The van der Waals surface area contributed by atoms with Crippen LogP contribution in [-0.2, 0) is 9.59 Å². The van der Waals surface area contributed by atoms with Gasteiger partial charge in [0, 0.05) is 36.6 Å². The molecule has 1 N–H and O–H groups in total. The van der Waals surface area contributed by atoms with Crippen LogP contribution in [0, 0.1) is 19.8 Å². The molecule has 0 aliphatic carbocycles. The molecule has 8 heteroatoms. The molecule has 30 heavy (non-hydrogen) atoms. The van der Waals surface area contributed by atoms with Gasteiger partial charge in [-0.05, 0) is 71.2 Å². The predicted molar refractivity (Wildman–Crippen MR) is 115 cm³/mol. The number of rotatable bonds is 8. The topological polar surface area (TPSA) is 87.7 Å². The summed E-state index contributed by atoms with van der Waals surface area (Å²) in [4.78, 5) is 37.2. The smallest absolute Gasteiger partial charge is 0.322 e. The number of nitrogens with one attached hydrogen (secondary N) is 1. The Labute approximate surface area is 177 Å². The summed E-state index contributed by atoms with van der Waals surface area (Å²) in [6, 6.07) is 9.21. The molecule has 1 aromatic heterocycles. The Morgan fingerprint density at radius 2 is 1.87 bits per heavy atom. The van der Waals surface area contributed by atoms with Crippen LogP contribution < -0.4 is 10.1 Å². The summed E-state index contributed by atoms with van der Waals surface area (Å²) in [5.41, 5.74) is 2.33. The van der Waals surface area contributed by atoms with Crippen LogP contribution in [-0.4, -0.2) is 65.3 Å². The molecule has 3 rings (SSSR count). The molecular weight excluding hydrogens is 382 g/mol. The maximum atomic E-state index is 12.6. The van der Waals surface area contributed by atoms with Crippen LogP contribution in [0.4, 0.5) is 5.69 Å². The number of amides is 2. The number of likely N-dealkylation sites (tertiary alicyclic amines) is 1. The van der Waals surface area contributed by atoms with Gasteiger partial charge in [-0.2, -0.15) is 0 Å². The Bertz CT molecular complexity index is 878. The molecule has 160 valence electrons. The molecular formula is C22H29N5O3. The molecule has 1 saturated heterocycles. The summed E-state index contributed by atoms with van der Waals surface area (Å²) < 4.78 is 5.69. The van der Waals surface area contributed by atoms with Crippen LogP contribution in [0.3, 0.4) is 0 Å². The fourth-order valence-corrected chi connectivity index (χ4v) is 3.44. The Hall–Kier alpha value is -3.00. The summed E-state index contributed by atoms with van der Waals surface area (Å²) in [6.45, 7) is 5.85. The van der Waals surface area contributed by atoms with Crippen molar-refractivity contribution in [1.29, 1.82) is 0 Å². The van der Waals surface area contributed by atoms with Crippen LogP contribution in [0.5, 0.6) is 11.8 Å². The minimum Gasteiger partial charge on any atom is -0.424 e. The standard InChI is InChI=1S/C22H29N5O3/c1-15-12-16(2)24-22(23-15)30-19-8-6-18(7-9-19)25-21(29)17-13-20(28)27(14-17)11-5-10-26(3)4/h6-9,12,17H,5,10-11,13-14H2,1-4H3,(H,25,29). The third-order valence-electron chi connectivity index (χ3n) is 4.91. The second-order valence-corrected chi connectivity index (χ2v) is 7.95. The summed E-state index contributed by atoms with van der Waals surface area (Å²) in [7, 11) is 4.01. The SMILES string of the molecule is Cc1cc(C)nc(Oc2ccc(NC(=O)C3CC(=O)N(CCCN(C)C)C3)cc2)n1. The Morgan fingerprint density at radius 3 is 2.50 bits per heavy atom. The van der Waals surface area contributed by atoms with E-state index in [1.165, 1.54) is 0 Å². The maximum Gasteiger partial charge on any atom is 0.322 e. The number of hydrogen-bond acceptors (Lipinski definition) is 6. The molecule has 2 amide bonds. The van der Waals surface area contributed by atoms with E-state index in [4.69, 9.17) is 4.74 Å². The van der Waals surface area contributed by atoms with E-state index in [9.17, 15) is 9.59 Å². The first kappa shape index (κ1) is 21.7. The number of anilines is 1. The first-order valence-electron chi connectivity index (χ1n) is 10.1. The van der Waals surface area contributed by atoms with Gasteiger partial charge in [-0.15, -0.1) is 0 Å². The molecule has 0 spiro atoms. The van der Waals surface area contributed by atoms with E-state index >= 15 is 0 Å². The first-order chi connectivity index (χ1) is 14.3. The quantitative estimate of drug-likeness (QED) is 0.719. The van der Waals surface area contributed by atoms with E-state index in [2.05, 4.69) is 20.2 Å². The first-order valence-corrected chi connectivity index (χ1v) is 10.1. The van der Waals surface area contributed by atoms with Crippen molar-refractivity contribution in [3.8, 4) is 11.8 Å². The van der Waals surface area contributed by atoms with Gasteiger partial charge in [-0.25, -0.2) is 9.97 Å². The average molecular weight is 412 g/mol. The fourth-order valence-electron chi connectivity index (χ4n) is 3.44. The number of carbonyl (C=O) groups excluding carboxylic acids is 2. The zero-order valence-corrected chi connectivity index (χ0v) is 18.0. The average Bonchev–Trinajstić information content (AvgIpc) is 3.03. The summed E-state index contributed by atoms with van der Waals surface area (Å²) in [6.07, 6.45) is 1.16. The molecule has 2 aromatic rings. The van der Waals surface area contributed by atoms with Crippen molar-refractivity contribution in [3.05, 3.63) is 41.7 Å². The Morgan fingerprint density at radius 1 is 1.20 bits per heavy atom. The lowest BCUT2D eigenvalue weighted by Crippen LogP contribution is -2.30. The number of ether oxygens (including phenoxy) is 1. The lowest BCUT2D eigenvalue weighted by molar-refractivity contribution is -0.128. The van der Waals surface area contributed by atoms with Crippen LogP contribution >= 0.6 is 0 Å². The molecule has 2 heterocycles. The van der Waals surface area contributed by atoms with Gasteiger partial charge in [-0.1, -0.05) is 0 Å². The zero-order chi connectivity index (χ0) is 21.7. The summed E-state index contributed by atoms with van der Waals surface area (Å²) in [5, 5.41) is 2.90. The molecule has 1 unspecified atom stereocenters. The second-order valence-electron chi connectivity index (χ2n) is 7.95. The van der Waals surface area contributed by atoms with Gasteiger partial charge in [-0.3, -0.25) is 9.59 Å². The van der Waals surface area contributed by atoms with E-state index in [1.54, 1.807) is 29.2 Å². The van der Waals surface area contributed by atoms with Crippen LogP contribution in [0.1, 0.15) is 24.2 Å². The van der Waals surface area contributed by atoms with E-state index in [-0.39, 0.29) is 24.2 Å². The van der Waals surface area contributed by atoms with Gasteiger partial charge >= 0.3 is 6.01 Å². The van der Waals surface area contributed by atoms with Crippen LogP contribution in [0.15, 0.2) is 30.3 Å². The molecule has 0 saturated carbocycles. The van der Waals surface area contributed by atoms with Crippen molar-refractivity contribution >= 4 is 17.5 Å². The normalized spacial score (nSPS) is 16.2. The van der Waals surface area contributed by atoms with Crippen LogP contribution in [0.2, 0.25) is 0 Å². The molecule has 1 aliphatic heterocycles. The van der Waals surface area contributed by atoms with E-state index in [1.807, 2.05) is 34.0 Å². The van der Waals surface area contributed by atoms with Crippen molar-refractivity contribution in [2.45, 2.75) is 26.7 Å². The highest BCUT2D eigenvalue weighted by atomic mass is 16.5. The molecule has 1 aromatic carbocycles. The van der Waals surface area contributed by atoms with Crippen molar-refractivity contribution in [1.82, 2.24) is 19.8 Å². The highest BCUT2D eigenvalue weighted by Crippen LogP contribution is 2.23. The molecule has 0 radical (unpaired) electrons. The van der Waals surface area contributed by atoms with Crippen molar-refractivity contribution in [2.24, 2.45) is 5.92 Å². The monoisotopic (exact) mass is 411 g/mol. The minimum atomic E-state index is -0.323. The van der Waals surface area contributed by atoms with Gasteiger partial charge in [0.1, 0.15) is 5.75 Å². The number of hydrogen-bond donors (Lipinski definition) is 1. The summed E-state index contributed by atoms with van der Waals surface area (Å²) >= 11 is 0. The Balaban J connectivity index is 1.52. The van der Waals surface area contributed by atoms with Gasteiger partial charge in [0.2, 0.25) is 11.8 Å². The minimum absolute atomic E-state index is 0.0473. The maximum absolute atomic E-state index is 12.6. The summed E-state index contributed by atoms with van der Waals surface area (Å²) in [5.74, 6) is 0.174. The second kappa shape index (κ2) is 9.67. The highest BCUT2D eigenvalue weighted by Gasteiger charge is 2.33. The largest absolute Gasteiger partial charge is 0.424 e. The van der Waals surface area contributed by atoms with E-state index < -0.39 is 0 Å². The number of carbonyl (C=O) groups is 2. The predicted octanol–water partition coefficient (Wildman–Crippen LogP) is 2.62. The van der Waals surface area contributed by atoms with Gasteiger partial charge < -0.3 is 19.9 Å². The van der Waals surface area contributed by atoms with E-state index in [0.717, 1.165) is 24.4 Å². The van der Waals surface area contributed by atoms with E-state index in [0.29, 0.717) is 30.5 Å². The lowest BCUT2D eigenvalue weighted by Gasteiger charge is -2.18. The third-order valence-corrected chi connectivity index (χ3v) is 4.91. The lowest BCUT2D eigenvalue weighted by atomic mass is 10.1. The molecule has 8 nitrogen and oxygen atoms in total. The number of aromatic nitrogens is 2. The molecule has 1 fully saturated rings. The van der Waals surface area contributed by atoms with Crippen molar-refractivity contribution in [2.75, 3.05) is 39.0 Å². The highest BCUT2D eigenvalue weighted by molar-refractivity contribution is 5.97. The van der Waals surface area contributed by atoms with Gasteiger partial charge in [0.15, 0.2) is 0 Å². The van der Waals surface area contributed by atoms with Gasteiger partial charge in [0.25, 0.3) is 0 Å². The fraction of sp³-hybridized carbons (Fsp3) is 0.455.